The molecule has 0 spiro atoms. The Morgan fingerprint density at radius 3 is 2.53 bits per heavy atom. The number of amides is 1. The maximum atomic E-state index is 12.3. The van der Waals surface area contributed by atoms with Crippen LogP contribution in [-0.2, 0) is 4.79 Å². The van der Waals surface area contributed by atoms with Crippen LogP contribution in [-0.4, -0.2) is 59.1 Å². The van der Waals surface area contributed by atoms with Crippen molar-refractivity contribution in [3.05, 3.63) is 0 Å². The zero-order chi connectivity index (χ0) is 12.3. The van der Waals surface area contributed by atoms with Crippen molar-refractivity contribution in [2.45, 2.75) is 51.2 Å². The zero-order valence-electron chi connectivity index (χ0n) is 10.8. The largest absolute Gasteiger partial charge is 0.392 e. The quantitative estimate of drug-likeness (QED) is 0.778. The molecule has 1 N–H and O–H groups in total. The highest BCUT2D eigenvalue weighted by Crippen LogP contribution is 2.16. The van der Waals surface area contributed by atoms with Crippen LogP contribution in [0.5, 0.6) is 0 Å². The van der Waals surface area contributed by atoms with Gasteiger partial charge in [-0.3, -0.25) is 9.69 Å². The highest BCUT2D eigenvalue weighted by atomic mass is 16.3. The predicted molar refractivity (Wildman–Crippen MR) is 66.7 cm³/mol. The van der Waals surface area contributed by atoms with E-state index >= 15 is 0 Å². The lowest BCUT2D eigenvalue weighted by molar-refractivity contribution is -0.138. The summed E-state index contributed by atoms with van der Waals surface area (Å²) in [6, 6.07) is -0.0666. The fourth-order valence-electron chi connectivity index (χ4n) is 2.87. The molecule has 0 aromatic rings. The molecule has 4 nitrogen and oxygen atoms in total. The fraction of sp³-hybridized carbons (Fsp3) is 0.923. The molecule has 2 rings (SSSR count). The van der Waals surface area contributed by atoms with Crippen LogP contribution in [0.2, 0.25) is 0 Å². The molecule has 98 valence electrons. The van der Waals surface area contributed by atoms with Gasteiger partial charge in [0.2, 0.25) is 5.91 Å². The summed E-state index contributed by atoms with van der Waals surface area (Å²) in [7, 11) is 0. The highest BCUT2D eigenvalue weighted by molar-refractivity contribution is 5.81. The third kappa shape index (κ3) is 3.19. The smallest absolute Gasteiger partial charge is 0.239 e. The average Bonchev–Trinajstić information content (AvgIpc) is 2.38. The second kappa shape index (κ2) is 5.83. The molecule has 0 saturated carbocycles. The molecule has 1 amide bonds. The van der Waals surface area contributed by atoms with Crippen LogP contribution in [0.1, 0.15) is 39.0 Å². The van der Waals surface area contributed by atoms with Crippen molar-refractivity contribution in [2.24, 2.45) is 0 Å². The van der Waals surface area contributed by atoms with E-state index in [0.29, 0.717) is 6.54 Å². The van der Waals surface area contributed by atoms with E-state index < -0.39 is 0 Å². The Morgan fingerprint density at radius 1 is 1.18 bits per heavy atom. The van der Waals surface area contributed by atoms with E-state index in [9.17, 15) is 9.90 Å². The van der Waals surface area contributed by atoms with E-state index in [-0.39, 0.29) is 18.1 Å². The maximum absolute atomic E-state index is 12.3. The maximum Gasteiger partial charge on any atom is 0.239 e. The summed E-state index contributed by atoms with van der Waals surface area (Å²) >= 11 is 0. The molecule has 0 aromatic carbocycles. The first kappa shape index (κ1) is 12.8. The molecule has 2 aliphatic heterocycles. The summed E-state index contributed by atoms with van der Waals surface area (Å²) in [5.41, 5.74) is 0. The Balaban J connectivity index is 1.89. The fourth-order valence-corrected chi connectivity index (χ4v) is 2.87. The molecule has 0 bridgehead atoms. The molecule has 2 aliphatic rings. The Bertz CT molecular complexity index is 264. The van der Waals surface area contributed by atoms with Gasteiger partial charge in [0.15, 0.2) is 0 Å². The molecule has 4 heteroatoms. The van der Waals surface area contributed by atoms with E-state index in [1.807, 2.05) is 11.8 Å². The van der Waals surface area contributed by atoms with E-state index in [1.165, 1.54) is 6.42 Å². The van der Waals surface area contributed by atoms with E-state index in [4.69, 9.17) is 0 Å². The van der Waals surface area contributed by atoms with Gasteiger partial charge in [-0.15, -0.1) is 0 Å². The number of rotatable bonds is 2. The topological polar surface area (TPSA) is 43.8 Å². The van der Waals surface area contributed by atoms with Gasteiger partial charge in [0, 0.05) is 19.6 Å². The Kier molecular flexibility index (Phi) is 4.40. The molecule has 0 radical (unpaired) electrons. The van der Waals surface area contributed by atoms with Crippen molar-refractivity contribution in [1.29, 1.82) is 0 Å². The molecular weight excluding hydrogens is 216 g/mol. The van der Waals surface area contributed by atoms with Crippen molar-refractivity contribution >= 4 is 5.91 Å². The molecular formula is C13H24N2O2. The van der Waals surface area contributed by atoms with Crippen molar-refractivity contribution in [3.8, 4) is 0 Å². The monoisotopic (exact) mass is 240 g/mol. The van der Waals surface area contributed by atoms with Crippen LogP contribution in [0.25, 0.3) is 0 Å². The minimum Gasteiger partial charge on any atom is -0.392 e. The Labute approximate surface area is 104 Å². The van der Waals surface area contributed by atoms with Crippen LogP contribution in [0, 0.1) is 0 Å². The van der Waals surface area contributed by atoms with Crippen LogP contribution in [0.3, 0.4) is 0 Å². The van der Waals surface area contributed by atoms with Crippen molar-refractivity contribution in [1.82, 2.24) is 9.80 Å². The van der Waals surface area contributed by atoms with Crippen LogP contribution < -0.4 is 0 Å². The standard InChI is InChI=1S/C13H24N2O2/c1-11(15-9-5-6-12(16)10-15)13(17)14-7-3-2-4-8-14/h11-12,16H,2-10H2,1H3. The normalized spacial score (nSPS) is 29.1. The van der Waals surface area contributed by atoms with Gasteiger partial charge in [-0.2, -0.15) is 0 Å². The predicted octanol–water partition coefficient (Wildman–Crippen LogP) is 0.844. The van der Waals surface area contributed by atoms with E-state index in [2.05, 4.69) is 4.90 Å². The van der Waals surface area contributed by atoms with Crippen LogP contribution in [0.15, 0.2) is 0 Å². The summed E-state index contributed by atoms with van der Waals surface area (Å²) in [6.07, 6.45) is 5.16. The zero-order valence-corrected chi connectivity index (χ0v) is 10.8. The lowest BCUT2D eigenvalue weighted by Gasteiger charge is -2.37. The van der Waals surface area contributed by atoms with Crippen molar-refractivity contribution in [3.63, 3.8) is 0 Å². The number of nitrogens with zero attached hydrogens (tertiary/aromatic N) is 2. The molecule has 2 atom stereocenters. The number of hydrogen-bond acceptors (Lipinski definition) is 3. The van der Waals surface area contributed by atoms with Gasteiger partial charge in [-0.25, -0.2) is 0 Å². The van der Waals surface area contributed by atoms with Gasteiger partial charge in [0.1, 0.15) is 0 Å². The molecule has 0 aliphatic carbocycles. The minimum absolute atomic E-state index is 0.0666. The van der Waals surface area contributed by atoms with E-state index in [0.717, 1.165) is 45.3 Å². The van der Waals surface area contributed by atoms with Gasteiger partial charge >= 0.3 is 0 Å². The molecule has 0 aromatic heterocycles. The lowest BCUT2D eigenvalue weighted by Crippen LogP contribution is -2.52. The lowest BCUT2D eigenvalue weighted by atomic mass is 10.0. The Morgan fingerprint density at radius 2 is 1.88 bits per heavy atom. The Hall–Kier alpha value is -0.610. The van der Waals surface area contributed by atoms with Gasteiger partial charge in [0.25, 0.3) is 0 Å². The van der Waals surface area contributed by atoms with Crippen LogP contribution >= 0.6 is 0 Å². The average molecular weight is 240 g/mol. The second-order valence-corrected chi connectivity index (χ2v) is 5.35. The summed E-state index contributed by atoms with van der Waals surface area (Å²) in [5.74, 6) is 0.249. The second-order valence-electron chi connectivity index (χ2n) is 5.35. The number of carbonyl (C=O) groups excluding carboxylic acids is 1. The molecule has 2 unspecified atom stereocenters. The summed E-state index contributed by atoms with van der Waals surface area (Å²) < 4.78 is 0. The van der Waals surface area contributed by atoms with Gasteiger partial charge in [-0.05, 0) is 45.6 Å². The summed E-state index contributed by atoms with van der Waals surface area (Å²) in [5, 5.41) is 9.65. The number of likely N-dealkylation sites (tertiary alicyclic amines) is 2. The number of carbonyl (C=O) groups is 1. The third-order valence-corrected chi connectivity index (χ3v) is 4.00. The first-order chi connectivity index (χ1) is 8.18. The molecule has 2 heterocycles. The first-order valence-electron chi connectivity index (χ1n) is 6.89. The van der Waals surface area contributed by atoms with Crippen molar-refractivity contribution < 1.29 is 9.90 Å². The molecule has 2 fully saturated rings. The third-order valence-electron chi connectivity index (χ3n) is 4.00. The number of β-amino-alcohol motifs (C(OH)–C–C–N with tert-alkyl or cyclic N) is 1. The molecule has 2 saturated heterocycles. The SMILES string of the molecule is CC(C(=O)N1CCCCC1)N1CCCC(O)C1. The highest BCUT2D eigenvalue weighted by Gasteiger charge is 2.29. The number of aliphatic hydroxyl groups excluding tert-OH is 1. The number of aliphatic hydroxyl groups is 1. The van der Waals surface area contributed by atoms with Crippen LogP contribution in [0.4, 0.5) is 0 Å². The minimum atomic E-state index is -0.250. The number of piperidine rings is 2. The first-order valence-corrected chi connectivity index (χ1v) is 6.89. The molecule has 17 heavy (non-hydrogen) atoms. The van der Waals surface area contributed by atoms with Gasteiger partial charge < -0.3 is 10.0 Å². The van der Waals surface area contributed by atoms with Gasteiger partial charge in [-0.1, -0.05) is 0 Å². The van der Waals surface area contributed by atoms with E-state index in [1.54, 1.807) is 0 Å². The summed E-state index contributed by atoms with van der Waals surface area (Å²) in [4.78, 5) is 16.4. The van der Waals surface area contributed by atoms with Crippen molar-refractivity contribution in [2.75, 3.05) is 26.2 Å². The summed E-state index contributed by atoms with van der Waals surface area (Å²) in [6.45, 7) is 5.41. The van der Waals surface area contributed by atoms with Gasteiger partial charge in [0.05, 0.1) is 12.1 Å². The number of hydrogen-bond donors (Lipinski definition) is 1.